The van der Waals surface area contributed by atoms with E-state index in [9.17, 15) is 9.90 Å². The lowest BCUT2D eigenvalue weighted by Gasteiger charge is -2.26. The van der Waals surface area contributed by atoms with Gasteiger partial charge in [0, 0.05) is 6.54 Å². The molecule has 0 aromatic carbocycles. The van der Waals surface area contributed by atoms with E-state index in [1.807, 2.05) is 0 Å². The molecule has 5 heteroatoms. The Bertz CT molecular complexity index is 286. The number of amidine groups is 1. The lowest BCUT2D eigenvalue weighted by molar-refractivity contribution is -0.139. The molecule has 0 saturated heterocycles. The summed E-state index contributed by atoms with van der Waals surface area (Å²) in [6.45, 7) is 6.25. The summed E-state index contributed by atoms with van der Waals surface area (Å²) in [4.78, 5) is 16.8. The van der Waals surface area contributed by atoms with Gasteiger partial charge in [0.15, 0.2) is 0 Å². The van der Waals surface area contributed by atoms with Gasteiger partial charge in [-0.2, -0.15) is 0 Å². The number of hydrogen-bond acceptors (Lipinski definition) is 4. The van der Waals surface area contributed by atoms with E-state index in [-0.39, 0.29) is 0 Å². The van der Waals surface area contributed by atoms with Crippen LogP contribution in [0.25, 0.3) is 0 Å². The predicted octanol–water partition coefficient (Wildman–Crippen LogP) is 0.316. The van der Waals surface area contributed by atoms with Gasteiger partial charge in [0.05, 0.1) is 6.54 Å². The maximum Gasteiger partial charge on any atom is 0.314 e. The fourth-order valence-electron chi connectivity index (χ4n) is 1.65. The fourth-order valence-corrected chi connectivity index (χ4v) is 1.65. The van der Waals surface area contributed by atoms with Crippen molar-refractivity contribution in [3.8, 4) is 0 Å². The Labute approximate surface area is 88.7 Å². The molecular weight excluding hydrogens is 196 g/mol. The molecular formula is C10H16N2O3. The van der Waals surface area contributed by atoms with Crippen molar-refractivity contribution in [1.82, 2.24) is 4.90 Å². The van der Waals surface area contributed by atoms with E-state index < -0.39 is 18.1 Å². The number of aliphatic imine (C=N–C) groups is 1. The largest absolute Gasteiger partial charge is 0.481 e. The van der Waals surface area contributed by atoms with E-state index in [0.717, 1.165) is 0 Å². The highest BCUT2D eigenvalue weighted by Gasteiger charge is 2.31. The van der Waals surface area contributed by atoms with E-state index in [4.69, 9.17) is 5.11 Å². The molecule has 5 nitrogen and oxygen atoms in total. The van der Waals surface area contributed by atoms with Crippen LogP contribution in [-0.4, -0.2) is 46.2 Å². The zero-order valence-electron chi connectivity index (χ0n) is 8.76. The second-order valence-electron chi connectivity index (χ2n) is 3.48. The second-order valence-corrected chi connectivity index (χ2v) is 3.48. The Morgan fingerprint density at radius 3 is 2.93 bits per heavy atom. The molecule has 0 saturated carbocycles. The molecule has 0 aromatic heterocycles. The smallest absolute Gasteiger partial charge is 0.314 e. The molecule has 15 heavy (non-hydrogen) atoms. The number of hydrogen-bond donors (Lipinski definition) is 2. The maximum atomic E-state index is 11.0. The SMILES string of the molecule is C=CCC(C(=O)O)C1=NCCN1C(C)O. The molecule has 2 unspecified atom stereocenters. The molecule has 2 atom stereocenters. The number of carboxylic acid groups (broad SMARTS) is 1. The highest BCUT2D eigenvalue weighted by Crippen LogP contribution is 2.16. The van der Waals surface area contributed by atoms with E-state index in [2.05, 4.69) is 11.6 Å². The van der Waals surface area contributed by atoms with Crippen molar-refractivity contribution in [2.24, 2.45) is 10.9 Å². The normalized spacial score (nSPS) is 19.6. The van der Waals surface area contributed by atoms with Crippen molar-refractivity contribution in [3.05, 3.63) is 12.7 Å². The molecule has 0 bridgehead atoms. The summed E-state index contributed by atoms with van der Waals surface area (Å²) >= 11 is 0. The van der Waals surface area contributed by atoms with Gasteiger partial charge in [0.2, 0.25) is 0 Å². The number of carboxylic acids is 1. The van der Waals surface area contributed by atoms with Gasteiger partial charge in [-0.15, -0.1) is 6.58 Å². The first-order chi connectivity index (χ1) is 7.07. The van der Waals surface area contributed by atoms with Crippen molar-refractivity contribution in [1.29, 1.82) is 0 Å². The Morgan fingerprint density at radius 1 is 1.80 bits per heavy atom. The van der Waals surface area contributed by atoms with E-state index >= 15 is 0 Å². The summed E-state index contributed by atoms with van der Waals surface area (Å²) in [6, 6.07) is 0. The van der Waals surface area contributed by atoms with Crippen LogP contribution in [-0.2, 0) is 4.79 Å². The van der Waals surface area contributed by atoms with Gasteiger partial charge in [0.1, 0.15) is 18.0 Å². The summed E-state index contributed by atoms with van der Waals surface area (Å²) in [6.07, 6.45) is 1.19. The van der Waals surface area contributed by atoms with Crippen LogP contribution in [0.1, 0.15) is 13.3 Å². The third-order valence-electron chi connectivity index (χ3n) is 2.37. The number of allylic oxidation sites excluding steroid dienone is 1. The van der Waals surface area contributed by atoms with Crippen LogP contribution in [0.5, 0.6) is 0 Å². The summed E-state index contributed by atoms with van der Waals surface area (Å²) in [5, 5.41) is 18.5. The third kappa shape index (κ3) is 2.56. The number of aliphatic hydroxyl groups excluding tert-OH is 1. The highest BCUT2D eigenvalue weighted by atomic mass is 16.4. The van der Waals surface area contributed by atoms with E-state index in [1.54, 1.807) is 17.9 Å². The van der Waals surface area contributed by atoms with Crippen LogP contribution in [0.4, 0.5) is 0 Å². The molecule has 0 aromatic rings. The third-order valence-corrected chi connectivity index (χ3v) is 2.37. The zero-order chi connectivity index (χ0) is 11.4. The van der Waals surface area contributed by atoms with Gasteiger partial charge in [-0.3, -0.25) is 9.79 Å². The first kappa shape index (κ1) is 11.7. The second kappa shape index (κ2) is 4.93. The lowest BCUT2D eigenvalue weighted by atomic mass is 10.0. The van der Waals surface area contributed by atoms with Crippen molar-refractivity contribution in [3.63, 3.8) is 0 Å². The first-order valence-electron chi connectivity index (χ1n) is 4.90. The van der Waals surface area contributed by atoms with Crippen LogP contribution in [0.2, 0.25) is 0 Å². The standard InChI is InChI=1S/C10H16N2O3/c1-3-4-8(10(14)15)9-11-5-6-12(9)7(2)13/h3,7-8,13H,1,4-6H2,2H3,(H,14,15). The average molecular weight is 212 g/mol. The minimum Gasteiger partial charge on any atom is -0.481 e. The van der Waals surface area contributed by atoms with E-state index in [1.165, 1.54) is 0 Å². The Kier molecular flexibility index (Phi) is 3.85. The molecule has 1 aliphatic rings. The molecule has 2 N–H and O–H groups in total. The van der Waals surface area contributed by atoms with Gasteiger partial charge >= 0.3 is 5.97 Å². The monoisotopic (exact) mass is 212 g/mol. The molecule has 0 fully saturated rings. The molecule has 0 amide bonds. The predicted molar refractivity (Wildman–Crippen MR) is 56.6 cm³/mol. The summed E-state index contributed by atoms with van der Waals surface area (Å²) in [7, 11) is 0. The maximum absolute atomic E-state index is 11.0. The van der Waals surface area contributed by atoms with Crippen LogP contribution in [0.15, 0.2) is 17.6 Å². The Morgan fingerprint density at radius 2 is 2.47 bits per heavy atom. The number of aliphatic carboxylic acids is 1. The van der Waals surface area contributed by atoms with Crippen molar-refractivity contribution in [2.45, 2.75) is 19.6 Å². The highest BCUT2D eigenvalue weighted by molar-refractivity contribution is 6.01. The van der Waals surface area contributed by atoms with Gasteiger partial charge in [-0.05, 0) is 13.3 Å². The first-order valence-corrected chi connectivity index (χ1v) is 4.90. The van der Waals surface area contributed by atoms with Crippen LogP contribution in [0.3, 0.4) is 0 Å². The zero-order valence-corrected chi connectivity index (χ0v) is 8.76. The number of nitrogens with zero attached hydrogens (tertiary/aromatic N) is 2. The molecule has 1 heterocycles. The molecule has 0 spiro atoms. The van der Waals surface area contributed by atoms with Gasteiger partial charge < -0.3 is 15.1 Å². The van der Waals surface area contributed by atoms with Crippen molar-refractivity contribution in [2.75, 3.05) is 13.1 Å². The van der Waals surface area contributed by atoms with Crippen LogP contribution < -0.4 is 0 Å². The summed E-state index contributed by atoms with van der Waals surface area (Å²) in [5.74, 6) is -1.17. The van der Waals surface area contributed by atoms with Gasteiger partial charge in [-0.1, -0.05) is 6.08 Å². The molecule has 0 radical (unpaired) electrons. The molecule has 1 rings (SSSR count). The number of aliphatic hydroxyl groups is 1. The molecule has 0 aliphatic carbocycles. The van der Waals surface area contributed by atoms with Crippen molar-refractivity contribution < 1.29 is 15.0 Å². The van der Waals surface area contributed by atoms with E-state index in [0.29, 0.717) is 25.3 Å². The minimum absolute atomic E-state index is 0.331. The summed E-state index contributed by atoms with van der Waals surface area (Å²) < 4.78 is 0. The average Bonchev–Trinajstić information content (AvgIpc) is 2.61. The lowest BCUT2D eigenvalue weighted by Crippen LogP contribution is -2.41. The van der Waals surface area contributed by atoms with Gasteiger partial charge in [0.25, 0.3) is 0 Å². The quantitative estimate of drug-likeness (QED) is 0.643. The van der Waals surface area contributed by atoms with Crippen molar-refractivity contribution >= 4 is 11.8 Å². The number of rotatable bonds is 5. The van der Waals surface area contributed by atoms with Gasteiger partial charge in [-0.25, -0.2) is 0 Å². The Balaban J connectivity index is 2.82. The van der Waals surface area contributed by atoms with Crippen LogP contribution >= 0.6 is 0 Å². The molecule has 1 aliphatic heterocycles. The topological polar surface area (TPSA) is 73.1 Å². The minimum atomic E-state index is -0.929. The summed E-state index contributed by atoms with van der Waals surface area (Å²) in [5.41, 5.74) is 0. The fraction of sp³-hybridized carbons (Fsp3) is 0.600. The Hall–Kier alpha value is -1.36. The van der Waals surface area contributed by atoms with Crippen LogP contribution in [0, 0.1) is 5.92 Å². The number of carbonyl (C=O) groups is 1. The molecule has 84 valence electrons.